The van der Waals surface area contributed by atoms with Gasteiger partial charge in [0.15, 0.2) is 0 Å². The zero-order valence-electron chi connectivity index (χ0n) is 12.4. The minimum absolute atomic E-state index is 0.0159. The molecule has 0 radical (unpaired) electrons. The highest BCUT2D eigenvalue weighted by molar-refractivity contribution is 5.96. The molecule has 2 atom stereocenters. The van der Waals surface area contributed by atoms with Gasteiger partial charge in [-0.2, -0.15) is 0 Å². The van der Waals surface area contributed by atoms with E-state index in [-0.39, 0.29) is 12.2 Å². The number of fused-ring (bicyclic) bond motifs is 2. The molecule has 3 heteroatoms. The van der Waals surface area contributed by atoms with Crippen LogP contribution in [0.5, 0.6) is 11.5 Å². The summed E-state index contributed by atoms with van der Waals surface area (Å²) >= 11 is 0. The minimum atomic E-state index is 0.0159. The number of hydrogen-bond acceptors (Lipinski definition) is 3. The minimum Gasteiger partial charge on any atom is -0.496 e. The van der Waals surface area contributed by atoms with Crippen molar-refractivity contribution < 1.29 is 14.2 Å². The summed E-state index contributed by atoms with van der Waals surface area (Å²) in [6.07, 6.45) is 1.06. The molecule has 1 aliphatic rings. The molecule has 0 spiro atoms. The van der Waals surface area contributed by atoms with E-state index in [1.807, 2.05) is 12.1 Å². The van der Waals surface area contributed by atoms with Crippen LogP contribution in [0.15, 0.2) is 24.3 Å². The van der Waals surface area contributed by atoms with Crippen LogP contribution in [0, 0.1) is 0 Å². The lowest BCUT2D eigenvalue weighted by molar-refractivity contribution is -0.00646. The molecule has 0 amide bonds. The highest BCUT2D eigenvalue weighted by Crippen LogP contribution is 2.47. The molecule has 0 N–H and O–H groups in total. The van der Waals surface area contributed by atoms with Gasteiger partial charge in [0.2, 0.25) is 0 Å². The lowest BCUT2D eigenvalue weighted by Crippen LogP contribution is -2.23. The lowest BCUT2D eigenvalue weighted by atomic mass is 9.89. The van der Waals surface area contributed by atoms with Crippen LogP contribution in [0.25, 0.3) is 10.8 Å². The Balaban J connectivity index is 2.42. The lowest BCUT2D eigenvalue weighted by Gasteiger charge is -2.32. The number of ether oxygens (including phenoxy) is 3. The van der Waals surface area contributed by atoms with Crippen LogP contribution < -0.4 is 9.47 Å². The van der Waals surface area contributed by atoms with E-state index in [0.717, 1.165) is 34.3 Å². The fourth-order valence-electron chi connectivity index (χ4n) is 3.28. The quantitative estimate of drug-likeness (QED) is 0.830. The molecule has 0 saturated heterocycles. The Kier molecular flexibility index (Phi) is 3.30. The zero-order chi connectivity index (χ0) is 14.3. The average molecular weight is 272 g/mol. The van der Waals surface area contributed by atoms with E-state index in [0.29, 0.717) is 0 Å². The summed E-state index contributed by atoms with van der Waals surface area (Å²) in [5.74, 6) is 1.87. The molecule has 0 saturated carbocycles. The van der Waals surface area contributed by atoms with Gasteiger partial charge in [0, 0.05) is 28.3 Å². The fourth-order valence-corrected chi connectivity index (χ4v) is 3.28. The monoisotopic (exact) mass is 272 g/mol. The van der Waals surface area contributed by atoms with Crippen molar-refractivity contribution in [3.8, 4) is 11.5 Å². The summed E-state index contributed by atoms with van der Waals surface area (Å²) in [4.78, 5) is 0. The Morgan fingerprint density at radius 2 is 1.60 bits per heavy atom. The van der Waals surface area contributed by atoms with Gasteiger partial charge in [0.25, 0.3) is 0 Å². The summed E-state index contributed by atoms with van der Waals surface area (Å²) in [5.41, 5.74) is 2.34. The molecule has 0 aromatic heterocycles. The Morgan fingerprint density at radius 3 is 2.20 bits per heavy atom. The molecule has 2 aromatic rings. The van der Waals surface area contributed by atoms with Crippen LogP contribution in [0.1, 0.15) is 31.1 Å². The molecule has 3 nitrogen and oxygen atoms in total. The van der Waals surface area contributed by atoms with Crippen LogP contribution in [-0.2, 0) is 11.2 Å². The molecule has 0 aliphatic carbocycles. The molecule has 0 bridgehead atoms. The molecular formula is C17H20O3. The van der Waals surface area contributed by atoms with Crippen molar-refractivity contribution in [2.45, 2.75) is 32.5 Å². The van der Waals surface area contributed by atoms with E-state index < -0.39 is 0 Å². The third-order valence-corrected chi connectivity index (χ3v) is 4.00. The standard InChI is InChI=1S/C17H20O3/c1-10-9-14-15(11(2)20-10)17(19-4)13-8-6-5-7-12(13)16(14)18-3/h5-8,10-11H,9H2,1-4H3/t10-,11+/m1/s1. The van der Waals surface area contributed by atoms with Crippen LogP contribution in [0.3, 0.4) is 0 Å². The number of methoxy groups -OCH3 is 2. The Hall–Kier alpha value is -1.74. The maximum Gasteiger partial charge on any atom is 0.133 e. The normalized spacial score (nSPS) is 21.6. The van der Waals surface area contributed by atoms with Gasteiger partial charge in [-0.25, -0.2) is 0 Å². The van der Waals surface area contributed by atoms with Crippen molar-refractivity contribution in [3.63, 3.8) is 0 Å². The van der Waals surface area contributed by atoms with Gasteiger partial charge in [-0.15, -0.1) is 0 Å². The first-order valence-corrected chi connectivity index (χ1v) is 6.98. The molecule has 2 aromatic carbocycles. The second kappa shape index (κ2) is 4.98. The first-order chi connectivity index (χ1) is 9.67. The maximum atomic E-state index is 5.97. The Bertz CT molecular complexity index is 648. The average Bonchev–Trinajstić information content (AvgIpc) is 2.44. The number of rotatable bonds is 2. The van der Waals surface area contributed by atoms with Crippen molar-refractivity contribution in [2.24, 2.45) is 0 Å². The summed E-state index contributed by atoms with van der Waals surface area (Å²) in [6.45, 7) is 4.17. The first-order valence-electron chi connectivity index (χ1n) is 6.98. The molecule has 1 heterocycles. The highest BCUT2D eigenvalue weighted by Gasteiger charge is 2.30. The van der Waals surface area contributed by atoms with Gasteiger partial charge in [-0.05, 0) is 13.8 Å². The third kappa shape index (κ3) is 1.85. The summed E-state index contributed by atoms with van der Waals surface area (Å²) in [7, 11) is 3.46. The van der Waals surface area contributed by atoms with E-state index in [4.69, 9.17) is 14.2 Å². The molecule has 1 aliphatic heterocycles. The van der Waals surface area contributed by atoms with Crippen molar-refractivity contribution in [2.75, 3.05) is 14.2 Å². The van der Waals surface area contributed by atoms with Crippen LogP contribution in [0.4, 0.5) is 0 Å². The summed E-state index contributed by atoms with van der Waals surface area (Å²) in [5, 5.41) is 2.18. The summed E-state index contributed by atoms with van der Waals surface area (Å²) in [6, 6.07) is 8.21. The van der Waals surface area contributed by atoms with E-state index in [9.17, 15) is 0 Å². The van der Waals surface area contributed by atoms with Gasteiger partial charge >= 0.3 is 0 Å². The first kappa shape index (κ1) is 13.3. The largest absolute Gasteiger partial charge is 0.496 e. The van der Waals surface area contributed by atoms with Crippen LogP contribution in [-0.4, -0.2) is 20.3 Å². The zero-order valence-corrected chi connectivity index (χ0v) is 12.4. The van der Waals surface area contributed by atoms with Crippen molar-refractivity contribution >= 4 is 10.8 Å². The molecule has 0 unspecified atom stereocenters. The molecule has 3 rings (SSSR count). The van der Waals surface area contributed by atoms with Gasteiger partial charge in [0.1, 0.15) is 11.5 Å². The second-order valence-electron chi connectivity index (χ2n) is 5.30. The van der Waals surface area contributed by atoms with Gasteiger partial charge < -0.3 is 14.2 Å². The predicted octanol–water partition coefficient (Wildman–Crippen LogP) is 3.88. The Labute approximate surface area is 119 Å². The number of benzene rings is 2. The SMILES string of the molecule is COc1c2c(c(OC)c3ccccc13)[C@H](C)O[C@H](C)C2. The van der Waals surface area contributed by atoms with Gasteiger partial charge in [-0.3, -0.25) is 0 Å². The van der Waals surface area contributed by atoms with E-state index in [1.54, 1.807) is 14.2 Å². The van der Waals surface area contributed by atoms with Crippen molar-refractivity contribution in [1.82, 2.24) is 0 Å². The fraction of sp³-hybridized carbons (Fsp3) is 0.412. The van der Waals surface area contributed by atoms with E-state index in [2.05, 4.69) is 26.0 Å². The third-order valence-electron chi connectivity index (χ3n) is 4.00. The highest BCUT2D eigenvalue weighted by atomic mass is 16.5. The van der Waals surface area contributed by atoms with Crippen molar-refractivity contribution in [1.29, 1.82) is 0 Å². The molecule has 0 fully saturated rings. The van der Waals surface area contributed by atoms with Gasteiger partial charge in [-0.1, -0.05) is 24.3 Å². The van der Waals surface area contributed by atoms with Crippen molar-refractivity contribution in [3.05, 3.63) is 35.4 Å². The molecule has 20 heavy (non-hydrogen) atoms. The van der Waals surface area contributed by atoms with Crippen LogP contribution >= 0.6 is 0 Å². The maximum absolute atomic E-state index is 5.97. The molecular weight excluding hydrogens is 252 g/mol. The predicted molar refractivity (Wildman–Crippen MR) is 79.7 cm³/mol. The van der Waals surface area contributed by atoms with Crippen LogP contribution in [0.2, 0.25) is 0 Å². The van der Waals surface area contributed by atoms with E-state index >= 15 is 0 Å². The summed E-state index contributed by atoms with van der Waals surface area (Å²) < 4.78 is 17.4. The van der Waals surface area contributed by atoms with Gasteiger partial charge in [0.05, 0.1) is 26.4 Å². The number of hydrogen-bond donors (Lipinski definition) is 0. The Morgan fingerprint density at radius 1 is 1.00 bits per heavy atom. The van der Waals surface area contributed by atoms with E-state index in [1.165, 1.54) is 5.56 Å². The smallest absolute Gasteiger partial charge is 0.133 e. The second-order valence-corrected chi connectivity index (χ2v) is 5.30. The topological polar surface area (TPSA) is 27.7 Å². The molecule has 106 valence electrons.